The van der Waals surface area contributed by atoms with Crippen LogP contribution in [0.4, 0.5) is 0 Å². The number of esters is 1. The molecule has 2 saturated carbocycles. The van der Waals surface area contributed by atoms with E-state index in [0.29, 0.717) is 18.1 Å². The van der Waals surface area contributed by atoms with Crippen LogP contribution in [-0.2, 0) is 19.0 Å². The van der Waals surface area contributed by atoms with E-state index >= 15 is 0 Å². The fourth-order valence-electron chi connectivity index (χ4n) is 5.96. The van der Waals surface area contributed by atoms with Gasteiger partial charge in [-0.3, -0.25) is 0 Å². The van der Waals surface area contributed by atoms with Gasteiger partial charge >= 0.3 is 5.97 Å². The number of fused-ring (bicyclic) bond motifs is 3. The predicted octanol–water partition coefficient (Wildman–Crippen LogP) is 4.18. The maximum atomic E-state index is 11.8. The molecule has 142 valence electrons. The average Bonchev–Trinajstić information content (AvgIpc) is 3.00. The first-order valence-electron chi connectivity index (χ1n) is 9.85. The highest BCUT2D eigenvalue weighted by molar-refractivity contribution is 5.93. The van der Waals surface area contributed by atoms with Crippen molar-refractivity contribution in [2.45, 2.75) is 58.8 Å². The minimum absolute atomic E-state index is 0.0395. The zero-order chi connectivity index (χ0) is 18.5. The van der Waals surface area contributed by atoms with E-state index in [9.17, 15) is 4.79 Å². The molecule has 4 heteroatoms. The lowest BCUT2D eigenvalue weighted by Gasteiger charge is -2.62. The van der Waals surface area contributed by atoms with Crippen molar-refractivity contribution in [1.29, 1.82) is 0 Å². The van der Waals surface area contributed by atoms with Crippen LogP contribution in [0.5, 0.6) is 0 Å². The first-order valence-corrected chi connectivity index (χ1v) is 9.85. The SMILES string of the molecule is C=C1CC[C@@H]2[C@]3(C)CO[C@@H](C)O[C@@H]3CC[C@@]2(C)[C@@H]1/C=C/C1=CCOC1=O. The molecule has 2 aliphatic carbocycles. The molecule has 2 aliphatic heterocycles. The van der Waals surface area contributed by atoms with Crippen LogP contribution in [0.15, 0.2) is 36.0 Å². The van der Waals surface area contributed by atoms with Crippen molar-refractivity contribution in [3.63, 3.8) is 0 Å². The second-order valence-corrected chi connectivity index (χ2v) is 8.90. The van der Waals surface area contributed by atoms with Gasteiger partial charge in [-0.05, 0) is 50.0 Å². The van der Waals surface area contributed by atoms with Gasteiger partial charge in [0.25, 0.3) is 0 Å². The zero-order valence-corrected chi connectivity index (χ0v) is 16.1. The number of ether oxygens (including phenoxy) is 3. The fraction of sp³-hybridized carbons (Fsp3) is 0.682. The number of hydrogen-bond donors (Lipinski definition) is 0. The lowest BCUT2D eigenvalue weighted by Crippen LogP contribution is -2.60. The van der Waals surface area contributed by atoms with Gasteiger partial charge < -0.3 is 14.2 Å². The molecule has 4 nitrogen and oxygen atoms in total. The van der Waals surface area contributed by atoms with Gasteiger partial charge in [0.2, 0.25) is 0 Å². The minimum Gasteiger partial charge on any atom is -0.458 e. The molecule has 0 N–H and O–H groups in total. The summed E-state index contributed by atoms with van der Waals surface area (Å²) >= 11 is 0. The Morgan fingerprint density at radius 3 is 2.81 bits per heavy atom. The van der Waals surface area contributed by atoms with E-state index in [1.807, 2.05) is 19.1 Å². The van der Waals surface area contributed by atoms with Crippen LogP contribution in [0.3, 0.4) is 0 Å². The lowest BCUT2D eigenvalue weighted by atomic mass is 9.46. The van der Waals surface area contributed by atoms with Gasteiger partial charge in [0.1, 0.15) is 6.61 Å². The van der Waals surface area contributed by atoms with Crippen LogP contribution in [0.1, 0.15) is 46.5 Å². The number of hydrogen-bond acceptors (Lipinski definition) is 4. The topological polar surface area (TPSA) is 44.8 Å². The highest BCUT2D eigenvalue weighted by Gasteiger charge is 2.59. The molecule has 26 heavy (non-hydrogen) atoms. The van der Waals surface area contributed by atoms with Crippen LogP contribution in [0.2, 0.25) is 0 Å². The van der Waals surface area contributed by atoms with Crippen molar-refractivity contribution >= 4 is 5.97 Å². The second-order valence-electron chi connectivity index (χ2n) is 8.90. The molecule has 1 saturated heterocycles. The maximum Gasteiger partial charge on any atom is 0.338 e. The molecule has 0 amide bonds. The Labute approximate surface area is 156 Å². The van der Waals surface area contributed by atoms with E-state index in [-0.39, 0.29) is 35.1 Å². The summed E-state index contributed by atoms with van der Waals surface area (Å²) in [4.78, 5) is 11.8. The molecule has 0 aromatic rings. The van der Waals surface area contributed by atoms with E-state index in [4.69, 9.17) is 14.2 Å². The molecule has 0 spiro atoms. The lowest BCUT2D eigenvalue weighted by molar-refractivity contribution is -0.295. The van der Waals surface area contributed by atoms with Crippen molar-refractivity contribution in [3.05, 3.63) is 36.0 Å². The molecule has 0 bridgehead atoms. The Balaban J connectivity index is 1.63. The first-order chi connectivity index (χ1) is 12.3. The van der Waals surface area contributed by atoms with Gasteiger partial charge in [-0.25, -0.2) is 4.79 Å². The van der Waals surface area contributed by atoms with Crippen LogP contribution in [0, 0.1) is 22.7 Å². The number of carbonyl (C=O) groups excluding carboxylic acids is 1. The summed E-state index contributed by atoms with van der Waals surface area (Å²) in [6, 6.07) is 0. The van der Waals surface area contributed by atoms with Crippen molar-refractivity contribution in [2.75, 3.05) is 13.2 Å². The first kappa shape index (κ1) is 18.0. The number of carbonyl (C=O) groups is 1. The van der Waals surface area contributed by atoms with Crippen LogP contribution >= 0.6 is 0 Å². The molecule has 3 fully saturated rings. The van der Waals surface area contributed by atoms with E-state index in [1.54, 1.807) is 0 Å². The van der Waals surface area contributed by atoms with Gasteiger partial charge in [0.05, 0.1) is 18.3 Å². The summed E-state index contributed by atoms with van der Waals surface area (Å²) in [6.07, 6.45) is 10.5. The van der Waals surface area contributed by atoms with Crippen molar-refractivity contribution < 1.29 is 19.0 Å². The van der Waals surface area contributed by atoms with Gasteiger partial charge in [-0.15, -0.1) is 0 Å². The Hall–Kier alpha value is -1.39. The molecule has 0 aromatic carbocycles. The Morgan fingerprint density at radius 1 is 1.27 bits per heavy atom. The van der Waals surface area contributed by atoms with Gasteiger partial charge in [-0.2, -0.15) is 0 Å². The summed E-state index contributed by atoms with van der Waals surface area (Å²) in [5.74, 6) is 0.571. The number of allylic oxidation sites excluding steroid dienone is 2. The molecule has 4 rings (SSSR count). The summed E-state index contributed by atoms with van der Waals surface area (Å²) in [7, 11) is 0. The molecule has 4 aliphatic rings. The molecular formula is C22H30O4. The number of cyclic esters (lactones) is 1. The normalized spacial score (nSPS) is 45.9. The van der Waals surface area contributed by atoms with Crippen molar-refractivity contribution in [3.8, 4) is 0 Å². The standard InChI is InChI=1S/C22H30O4/c1-14-5-8-18-21(3,17(14)7-6-16-10-12-24-20(16)23)11-9-19-22(18,4)13-25-15(2)26-19/h6-7,10,15,17-19H,1,5,8-9,11-13H2,2-4H3/b7-6+/t15-,17-,18+,19-,21+,22+/m1/s1. The van der Waals surface area contributed by atoms with Crippen molar-refractivity contribution in [2.24, 2.45) is 22.7 Å². The molecule has 2 heterocycles. The summed E-state index contributed by atoms with van der Waals surface area (Å²) in [5.41, 5.74) is 2.10. The Morgan fingerprint density at radius 2 is 2.08 bits per heavy atom. The third kappa shape index (κ3) is 2.69. The second kappa shape index (κ2) is 6.35. The van der Waals surface area contributed by atoms with E-state index in [1.165, 1.54) is 5.57 Å². The quantitative estimate of drug-likeness (QED) is 0.549. The zero-order valence-electron chi connectivity index (χ0n) is 16.1. The molecule has 0 aromatic heterocycles. The smallest absolute Gasteiger partial charge is 0.338 e. The van der Waals surface area contributed by atoms with Crippen LogP contribution in [-0.4, -0.2) is 31.6 Å². The highest BCUT2D eigenvalue weighted by atomic mass is 16.7. The fourth-order valence-corrected chi connectivity index (χ4v) is 5.96. The molecule has 0 radical (unpaired) electrons. The largest absolute Gasteiger partial charge is 0.458 e. The Bertz CT molecular complexity index is 678. The highest BCUT2D eigenvalue weighted by Crippen LogP contribution is 2.62. The van der Waals surface area contributed by atoms with Gasteiger partial charge in [0.15, 0.2) is 6.29 Å². The minimum atomic E-state index is -0.219. The van der Waals surface area contributed by atoms with Crippen LogP contribution < -0.4 is 0 Å². The third-order valence-electron chi connectivity index (χ3n) is 7.38. The molecule has 6 atom stereocenters. The van der Waals surface area contributed by atoms with Gasteiger partial charge in [0, 0.05) is 11.3 Å². The molecule has 0 unspecified atom stereocenters. The summed E-state index contributed by atoms with van der Waals surface area (Å²) in [6.45, 7) is 12.3. The third-order valence-corrected chi connectivity index (χ3v) is 7.38. The van der Waals surface area contributed by atoms with E-state index < -0.39 is 0 Å². The van der Waals surface area contributed by atoms with Crippen molar-refractivity contribution in [1.82, 2.24) is 0 Å². The van der Waals surface area contributed by atoms with Crippen LogP contribution in [0.25, 0.3) is 0 Å². The predicted molar refractivity (Wildman–Crippen MR) is 99.3 cm³/mol. The summed E-state index contributed by atoms with van der Waals surface area (Å²) < 4.78 is 17.1. The van der Waals surface area contributed by atoms with E-state index in [2.05, 4.69) is 26.5 Å². The summed E-state index contributed by atoms with van der Waals surface area (Å²) in [5, 5.41) is 0. The monoisotopic (exact) mass is 358 g/mol. The number of rotatable bonds is 2. The Kier molecular flexibility index (Phi) is 4.39. The van der Waals surface area contributed by atoms with Gasteiger partial charge in [-0.1, -0.05) is 38.2 Å². The molecular weight excluding hydrogens is 328 g/mol. The average molecular weight is 358 g/mol. The van der Waals surface area contributed by atoms with E-state index in [0.717, 1.165) is 32.3 Å². The maximum absolute atomic E-state index is 11.8.